The average Bonchev–Trinajstić information content (AvgIpc) is 2.68. The van der Waals surface area contributed by atoms with Crippen LogP contribution in [0, 0.1) is 0 Å². The fraction of sp³-hybridized carbons (Fsp3) is 0.0476. The molecule has 0 heterocycles. The largest absolute Gasteiger partial charge is 0.489 e. The summed E-state index contributed by atoms with van der Waals surface area (Å²) in [7, 11) is 0. The molecule has 0 radical (unpaired) electrons. The van der Waals surface area contributed by atoms with Crippen molar-refractivity contribution in [3.63, 3.8) is 0 Å². The summed E-state index contributed by atoms with van der Waals surface area (Å²) in [6.07, 6.45) is 1.62. The fourth-order valence-corrected chi connectivity index (χ4v) is 2.64. The maximum absolute atomic E-state index is 11.2. The monoisotopic (exact) mass is 424 g/mol. The molecule has 0 fully saturated rings. The van der Waals surface area contributed by atoms with Crippen LogP contribution in [0.15, 0.2) is 82.4 Å². The molecule has 0 aliphatic heterocycles. The number of aromatic carboxylic acids is 1. The van der Waals surface area contributed by atoms with Crippen molar-refractivity contribution < 1.29 is 14.6 Å². The molecule has 0 saturated carbocycles. The lowest BCUT2D eigenvalue weighted by Crippen LogP contribution is -2.02. The first-order valence-electron chi connectivity index (χ1n) is 8.20. The Kier molecular flexibility index (Phi) is 6.22. The molecule has 3 rings (SSSR count). The summed E-state index contributed by atoms with van der Waals surface area (Å²) in [5.41, 5.74) is 5.28. The van der Waals surface area contributed by atoms with Gasteiger partial charge >= 0.3 is 5.97 Å². The molecule has 0 aromatic heterocycles. The van der Waals surface area contributed by atoms with Crippen LogP contribution < -0.4 is 10.2 Å². The maximum atomic E-state index is 11.2. The number of para-hydroxylation sites is 1. The minimum Gasteiger partial charge on any atom is -0.489 e. The molecule has 0 bridgehead atoms. The zero-order valence-electron chi connectivity index (χ0n) is 14.3. The molecule has 0 aliphatic carbocycles. The van der Waals surface area contributed by atoms with Crippen LogP contribution >= 0.6 is 15.9 Å². The van der Waals surface area contributed by atoms with E-state index in [1.54, 1.807) is 24.4 Å². The highest BCUT2D eigenvalue weighted by molar-refractivity contribution is 9.10. The van der Waals surface area contributed by atoms with Gasteiger partial charge in [-0.15, -0.1) is 0 Å². The van der Waals surface area contributed by atoms with Crippen molar-refractivity contribution in [1.82, 2.24) is 0 Å². The first-order valence-corrected chi connectivity index (χ1v) is 9.00. The van der Waals surface area contributed by atoms with Gasteiger partial charge in [0.05, 0.1) is 17.5 Å². The lowest BCUT2D eigenvalue weighted by molar-refractivity contribution is 0.0698. The van der Waals surface area contributed by atoms with Crippen LogP contribution in [0.1, 0.15) is 21.5 Å². The van der Waals surface area contributed by atoms with Gasteiger partial charge in [0.2, 0.25) is 0 Å². The van der Waals surface area contributed by atoms with Crippen molar-refractivity contribution in [2.75, 3.05) is 5.43 Å². The number of carbonyl (C=O) groups is 1. The predicted molar refractivity (Wildman–Crippen MR) is 110 cm³/mol. The number of nitrogens with zero attached hydrogens (tertiary/aromatic N) is 1. The lowest BCUT2D eigenvalue weighted by Gasteiger charge is -2.07. The number of hydrogen-bond donors (Lipinski definition) is 2. The van der Waals surface area contributed by atoms with Crippen LogP contribution in [0.4, 0.5) is 5.69 Å². The van der Waals surface area contributed by atoms with Gasteiger partial charge in [0, 0.05) is 4.47 Å². The molecular formula is C21H17BrN2O3. The van der Waals surface area contributed by atoms with Crippen molar-refractivity contribution in [2.24, 2.45) is 5.10 Å². The predicted octanol–water partition coefficient (Wildman–Crippen LogP) is 5.17. The zero-order chi connectivity index (χ0) is 19.1. The molecular weight excluding hydrogens is 408 g/mol. The van der Waals surface area contributed by atoms with Crippen LogP contribution in [0.5, 0.6) is 5.75 Å². The third-order valence-corrected chi connectivity index (χ3v) is 4.26. The Morgan fingerprint density at radius 2 is 1.85 bits per heavy atom. The molecule has 3 aromatic carbocycles. The Labute approximate surface area is 165 Å². The summed E-state index contributed by atoms with van der Waals surface area (Å²) in [4.78, 5) is 11.2. The van der Waals surface area contributed by atoms with E-state index >= 15 is 0 Å². The molecule has 0 unspecified atom stereocenters. The van der Waals surface area contributed by atoms with Crippen LogP contribution in [-0.2, 0) is 6.61 Å². The molecule has 0 atom stereocenters. The van der Waals surface area contributed by atoms with E-state index in [2.05, 4.69) is 26.5 Å². The topological polar surface area (TPSA) is 70.9 Å². The van der Waals surface area contributed by atoms with E-state index in [1.165, 1.54) is 6.07 Å². The van der Waals surface area contributed by atoms with Gasteiger partial charge in [0.15, 0.2) is 0 Å². The van der Waals surface area contributed by atoms with E-state index < -0.39 is 5.97 Å². The van der Waals surface area contributed by atoms with Crippen molar-refractivity contribution in [2.45, 2.75) is 6.61 Å². The molecule has 0 spiro atoms. The Balaban J connectivity index is 1.63. The summed E-state index contributed by atoms with van der Waals surface area (Å²) < 4.78 is 6.84. The summed E-state index contributed by atoms with van der Waals surface area (Å²) in [5.74, 6) is -0.274. The summed E-state index contributed by atoms with van der Waals surface area (Å²) in [5, 5.41) is 13.3. The standard InChI is InChI=1S/C21H17BrN2O3/c22-17-10-8-15(9-11-17)14-27-18-5-3-4-16(12-18)13-23-24-20-7-2-1-6-19(20)21(25)26/h1-13,24H,14H2,(H,25,26)/b23-13+. The molecule has 136 valence electrons. The molecule has 27 heavy (non-hydrogen) atoms. The second kappa shape index (κ2) is 9.00. The minimum absolute atomic E-state index is 0.168. The SMILES string of the molecule is O=C(O)c1ccccc1N/N=C/c1cccc(OCc2ccc(Br)cc2)c1. The number of hydrogen-bond acceptors (Lipinski definition) is 4. The van der Waals surface area contributed by atoms with Gasteiger partial charge in [-0.1, -0.05) is 52.3 Å². The van der Waals surface area contributed by atoms with E-state index in [0.29, 0.717) is 12.3 Å². The highest BCUT2D eigenvalue weighted by Gasteiger charge is 2.07. The number of rotatable bonds is 7. The maximum Gasteiger partial charge on any atom is 0.337 e. The van der Waals surface area contributed by atoms with Gasteiger partial charge < -0.3 is 9.84 Å². The van der Waals surface area contributed by atoms with E-state index in [4.69, 9.17) is 4.74 Å². The second-order valence-corrected chi connectivity index (χ2v) is 6.62. The third-order valence-electron chi connectivity index (χ3n) is 3.73. The van der Waals surface area contributed by atoms with E-state index in [1.807, 2.05) is 48.5 Å². The number of halogens is 1. The quantitative estimate of drug-likeness (QED) is 0.405. The van der Waals surface area contributed by atoms with Crippen molar-refractivity contribution in [1.29, 1.82) is 0 Å². The van der Waals surface area contributed by atoms with Crippen LogP contribution in [0.25, 0.3) is 0 Å². The molecule has 6 heteroatoms. The minimum atomic E-state index is -1.00. The van der Waals surface area contributed by atoms with Crippen LogP contribution in [0.2, 0.25) is 0 Å². The lowest BCUT2D eigenvalue weighted by atomic mass is 10.2. The van der Waals surface area contributed by atoms with Gasteiger partial charge in [-0.2, -0.15) is 5.10 Å². The molecule has 0 saturated heterocycles. The van der Waals surface area contributed by atoms with Crippen molar-refractivity contribution in [3.8, 4) is 5.75 Å². The van der Waals surface area contributed by atoms with Crippen LogP contribution in [-0.4, -0.2) is 17.3 Å². The zero-order valence-corrected chi connectivity index (χ0v) is 15.9. The summed E-state index contributed by atoms with van der Waals surface area (Å²) in [6, 6.07) is 22.1. The van der Waals surface area contributed by atoms with Crippen molar-refractivity contribution >= 4 is 33.8 Å². The number of carboxylic acid groups (broad SMARTS) is 1. The molecule has 5 nitrogen and oxygen atoms in total. The Bertz CT molecular complexity index is 956. The van der Waals surface area contributed by atoms with Gasteiger partial charge in [-0.25, -0.2) is 4.79 Å². The Hall–Kier alpha value is -3.12. The molecule has 3 aromatic rings. The fourth-order valence-electron chi connectivity index (χ4n) is 2.38. The highest BCUT2D eigenvalue weighted by atomic mass is 79.9. The Morgan fingerprint density at radius 3 is 2.63 bits per heavy atom. The van der Waals surface area contributed by atoms with Gasteiger partial charge in [0.1, 0.15) is 12.4 Å². The summed E-state index contributed by atoms with van der Waals surface area (Å²) >= 11 is 3.41. The number of nitrogens with one attached hydrogen (secondary N) is 1. The van der Waals surface area contributed by atoms with E-state index in [0.717, 1.165) is 21.3 Å². The second-order valence-electron chi connectivity index (χ2n) is 5.71. The van der Waals surface area contributed by atoms with Gasteiger partial charge in [-0.3, -0.25) is 5.43 Å². The number of benzene rings is 3. The first-order chi connectivity index (χ1) is 13.1. The smallest absolute Gasteiger partial charge is 0.337 e. The van der Waals surface area contributed by atoms with Gasteiger partial charge in [-0.05, 0) is 47.5 Å². The summed E-state index contributed by atoms with van der Waals surface area (Å²) in [6.45, 7) is 0.470. The van der Waals surface area contributed by atoms with E-state index in [9.17, 15) is 9.90 Å². The first kappa shape index (κ1) is 18.7. The number of carboxylic acids is 1. The molecule has 0 aliphatic rings. The van der Waals surface area contributed by atoms with Crippen molar-refractivity contribution in [3.05, 3.63) is 94.0 Å². The van der Waals surface area contributed by atoms with E-state index in [-0.39, 0.29) is 5.56 Å². The average molecular weight is 425 g/mol. The Morgan fingerprint density at radius 1 is 1.07 bits per heavy atom. The number of anilines is 1. The third kappa shape index (κ3) is 5.43. The molecule has 2 N–H and O–H groups in total. The number of hydrazone groups is 1. The number of ether oxygens (including phenoxy) is 1. The molecule has 0 amide bonds. The normalized spacial score (nSPS) is 10.7. The van der Waals surface area contributed by atoms with Gasteiger partial charge in [0.25, 0.3) is 0 Å². The van der Waals surface area contributed by atoms with Crippen LogP contribution in [0.3, 0.4) is 0 Å². The highest BCUT2D eigenvalue weighted by Crippen LogP contribution is 2.17.